The van der Waals surface area contributed by atoms with Gasteiger partial charge in [-0.3, -0.25) is 0 Å². The van der Waals surface area contributed by atoms with Gasteiger partial charge in [-0.1, -0.05) is 0 Å². The molecule has 0 atom stereocenters. The van der Waals surface area contributed by atoms with Crippen molar-refractivity contribution in [2.75, 3.05) is 0 Å². The second kappa shape index (κ2) is 18.3. The van der Waals surface area contributed by atoms with Crippen molar-refractivity contribution in [3.63, 3.8) is 0 Å². The maximum absolute atomic E-state index is 0. The summed E-state index contributed by atoms with van der Waals surface area (Å²) in [5, 5.41) is 0. The van der Waals surface area contributed by atoms with Crippen molar-refractivity contribution < 1.29 is 17.1 Å². The largest absolute Gasteiger partial charge is 0.316 e. The van der Waals surface area contributed by atoms with Crippen LogP contribution in [0.25, 0.3) is 0 Å². The molecule has 0 aromatic carbocycles. The molecule has 0 aromatic rings. The summed E-state index contributed by atoms with van der Waals surface area (Å²) in [4.78, 5) is 0. The van der Waals surface area contributed by atoms with Gasteiger partial charge in [0.1, 0.15) is 0 Å². The van der Waals surface area contributed by atoms with Crippen LogP contribution >= 0.6 is 0 Å². The normalized spacial score (nSPS) is 0. The Morgan fingerprint density at radius 1 is 0.750 bits per heavy atom. The maximum atomic E-state index is 0. The molecule has 0 amide bonds. The summed E-state index contributed by atoms with van der Waals surface area (Å²) in [7, 11) is 0. The summed E-state index contributed by atoms with van der Waals surface area (Å²) in [6.07, 6.45) is 0. The molecule has 0 aliphatic heterocycles. The Morgan fingerprint density at radius 3 is 0.750 bits per heavy atom. The summed E-state index contributed by atoms with van der Waals surface area (Å²) in [6.45, 7) is 0. The molecule has 0 aliphatic carbocycles. The van der Waals surface area contributed by atoms with Gasteiger partial charge in [0.25, 0.3) is 0 Å². The molecule has 23 valence electrons. The summed E-state index contributed by atoms with van der Waals surface area (Å²) in [6, 6.07) is 0. The Hall–Kier alpha value is 2.35. The number of hydrogen-bond acceptors (Lipinski definition) is 0. The van der Waals surface area contributed by atoms with Crippen LogP contribution in [0, 0.1) is 0 Å². The molecule has 4 heteroatoms. The number of hydrogen-bond donors (Lipinski definition) is 0. The van der Waals surface area contributed by atoms with E-state index in [1.165, 1.54) is 0 Å². The summed E-state index contributed by atoms with van der Waals surface area (Å²) >= 11 is 0. The molecular weight excluding hydrogens is 133 g/mol. The Morgan fingerprint density at radius 2 is 0.750 bits per heavy atom. The average Bonchev–Trinajstić information content (AvgIpc) is 0. The smallest absolute Gasteiger partial charge is 0 e. The molecule has 0 fully saturated rings. The molecule has 0 spiro atoms. The topological polar surface area (TPSA) is 0 Å². The molecule has 1 radical (unpaired) electrons. The third-order valence-corrected chi connectivity index (χ3v) is 0. The van der Waals surface area contributed by atoms with Crippen molar-refractivity contribution in [3.8, 4) is 0 Å². The van der Waals surface area contributed by atoms with Gasteiger partial charge in [-0.25, -0.2) is 0 Å². The maximum Gasteiger partial charge on any atom is 0.316 e. The first kappa shape index (κ1) is 32.9. The molecule has 0 N–H and O–H groups in total. The fourth-order valence-corrected chi connectivity index (χ4v) is 0. The van der Waals surface area contributed by atoms with Crippen molar-refractivity contribution >= 4 is 57.8 Å². The summed E-state index contributed by atoms with van der Waals surface area (Å²) in [5.74, 6) is 0. The zero-order chi connectivity index (χ0) is 0. The van der Waals surface area contributed by atoms with Crippen LogP contribution in [0.5, 0.6) is 0 Å². The monoisotopic (exact) mass is 141 g/mol. The van der Waals surface area contributed by atoms with Crippen LogP contribution in [0.4, 0.5) is 0 Å². The molecule has 0 rings (SSSR count). The summed E-state index contributed by atoms with van der Waals surface area (Å²) < 4.78 is 0. The molecule has 0 aliphatic rings. The minimum atomic E-state index is 0. The molecule has 0 saturated carbocycles. The Labute approximate surface area is 74.0 Å². The molecule has 4 heavy (non-hydrogen) atoms. The van der Waals surface area contributed by atoms with Gasteiger partial charge in [0.2, 0.25) is 0 Å². The van der Waals surface area contributed by atoms with E-state index in [0.29, 0.717) is 0 Å². The van der Waals surface area contributed by atoms with Gasteiger partial charge < -0.3 is 0 Å². The van der Waals surface area contributed by atoms with Gasteiger partial charge in [0.05, 0.1) is 0 Å². The average molecular weight is 141 g/mol. The minimum absolute atomic E-state index is 0. The second-order valence-corrected chi connectivity index (χ2v) is 0. The van der Waals surface area contributed by atoms with Gasteiger partial charge >= 0.3 is 23.1 Å². The van der Waals surface area contributed by atoms with Crippen LogP contribution in [-0.2, 0) is 17.1 Å². The first-order chi connectivity index (χ1) is 0. The molecule has 0 bridgehead atoms. The Bertz CT molecular complexity index is 6.00. The van der Waals surface area contributed by atoms with E-state index >= 15 is 0 Å². The van der Waals surface area contributed by atoms with Crippen LogP contribution < -0.4 is 0 Å². The van der Waals surface area contributed by atoms with E-state index in [9.17, 15) is 0 Å². The van der Waals surface area contributed by atoms with Crippen molar-refractivity contribution in [3.05, 3.63) is 0 Å². The van der Waals surface area contributed by atoms with E-state index in [1.807, 2.05) is 0 Å². The Balaban J connectivity index is 0. The SMILES string of the molecule is [AlH3].[AlH3].[MgH2].[Mn]. The zero-order valence-corrected chi connectivity index (χ0v) is 1.56. The van der Waals surface area contributed by atoms with Crippen molar-refractivity contribution in [2.45, 2.75) is 0 Å². The van der Waals surface area contributed by atoms with Gasteiger partial charge in [-0.15, -0.1) is 0 Å². The predicted octanol–water partition coefficient (Wildman–Crippen LogP) is -3.29. The first-order valence-corrected chi connectivity index (χ1v) is 0. The van der Waals surface area contributed by atoms with Crippen LogP contribution in [0.2, 0.25) is 0 Å². The first-order valence-electron chi connectivity index (χ1n) is 0. The quantitative estimate of drug-likeness (QED) is 0.310. The Kier molecular flexibility index (Phi) is 151. The zero-order valence-electron chi connectivity index (χ0n) is 0.378. The van der Waals surface area contributed by atoms with Gasteiger partial charge in [-0.2, -0.15) is 0 Å². The summed E-state index contributed by atoms with van der Waals surface area (Å²) in [5.41, 5.74) is 0. The molecule has 0 aromatic heterocycles. The third kappa shape index (κ3) is 8.84. The number of rotatable bonds is 0. The van der Waals surface area contributed by atoms with Crippen molar-refractivity contribution in [1.82, 2.24) is 0 Å². The standard InChI is InChI=1S/2Al.Mg.Mn.8H. The van der Waals surface area contributed by atoms with E-state index in [4.69, 9.17) is 0 Å². The predicted molar refractivity (Wildman–Crippen MR) is 28.4 cm³/mol. The fourth-order valence-electron chi connectivity index (χ4n) is 0. The van der Waals surface area contributed by atoms with Gasteiger partial charge in [0, 0.05) is 17.1 Å². The molecule has 0 unspecified atom stereocenters. The molecular formula is H8Al2MgMn. The van der Waals surface area contributed by atoms with Crippen molar-refractivity contribution in [1.29, 1.82) is 0 Å². The van der Waals surface area contributed by atoms with Crippen molar-refractivity contribution in [2.24, 2.45) is 0 Å². The van der Waals surface area contributed by atoms with Crippen LogP contribution in [-0.4, -0.2) is 57.8 Å². The molecule has 0 heterocycles. The van der Waals surface area contributed by atoms with E-state index in [0.717, 1.165) is 0 Å². The van der Waals surface area contributed by atoms with E-state index in [-0.39, 0.29) is 74.8 Å². The van der Waals surface area contributed by atoms with E-state index in [2.05, 4.69) is 0 Å². The molecule has 0 saturated heterocycles. The molecule has 0 nitrogen and oxygen atoms in total. The van der Waals surface area contributed by atoms with Gasteiger partial charge in [-0.05, 0) is 0 Å². The van der Waals surface area contributed by atoms with E-state index < -0.39 is 0 Å². The van der Waals surface area contributed by atoms with Gasteiger partial charge in [0.15, 0.2) is 34.7 Å². The van der Waals surface area contributed by atoms with E-state index in [1.54, 1.807) is 0 Å². The van der Waals surface area contributed by atoms with Crippen LogP contribution in [0.15, 0.2) is 0 Å². The minimum Gasteiger partial charge on any atom is 0 e. The van der Waals surface area contributed by atoms with Crippen LogP contribution in [0.3, 0.4) is 0 Å². The third-order valence-electron chi connectivity index (χ3n) is 0. The fraction of sp³-hybridized carbons (Fsp3) is 0. The van der Waals surface area contributed by atoms with Crippen LogP contribution in [0.1, 0.15) is 0 Å². The second-order valence-electron chi connectivity index (χ2n) is 0.